The van der Waals surface area contributed by atoms with E-state index in [1.54, 1.807) is 14.0 Å². The predicted octanol–water partition coefficient (Wildman–Crippen LogP) is 0.410. The molecule has 0 spiro atoms. The first-order valence-corrected chi connectivity index (χ1v) is 7.34. The summed E-state index contributed by atoms with van der Waals surface area (Å²) in [4.78, 5) is 11.5. The SMILES string of the molecule is CC(=O)C1CCN(S(=O)(=O)c2cnn(C)c2)CC1. The van der Waals surface area contributed by atoms with Crippen molar-refractivity contribution in [3.8, 4) is 0 Å². The van der Waals surface area contributed by atoms with E-state index in [-0.39, 0.29) is 16.6 Å². The normalized spacial score (nSPS) is 19.0. The molecular formula is C11H17N3O3S. The minimum atomic E-state index is -3.45. The number of hydrogen-bond acceptors (Lipinski definition) is 4. The van der Waals surface area contributed by atoms with Gasteiger partial charge < -0.3 is 0 Å². The van der Waals surface area contributed by atoms with Gasteiger partial charge in [-0.15, -0.1) is 0 Å². The minimum Gasteiger partial charge on any atom is -0.300 e. The third kappa shape index (κ3) is 2.46. The summed E-state index contributed by atoms with van der Waals surface area (Å²) in [5.41, 5.74) is 0. The Hall–Kier alpha value is -1.21. The second-order valence-electron chi connectivity index (χ2n) is 4.64. The van der Waals surface area contributed by atoms with Crippen LogP contribution in [0.2, 0.25) is 0 Å². The Kier molecular flexibility index (Phi) is 3.54. The second-order valence-corrected chi connectivity index (χ2v) is 6.58. The van der Waals surface area contributed by atoms with E-state index in [0.29, 0.717) is 25.9 Å². The van der Waals surface area contributed by atoms with Gasteiger partial charge in [0.1, 0.15) is 10.7 Å². The first-order chi connectivity index (χ1) is 8.41. The first kappa shape index (κ1) is 13.2. The van der Waals surface area contributed by atoms with E-state index in [0.717, 1.165) is 0 Å². The van der Waals surface area contributed by atoms with Gasteiger partial charge in [0, 0.05) is 32.3 Å². The van der Waals surface area contributed by atoms with Gasteiger partial charge in [0.2, 0.25) is 10.0 Å². The molecule has 6 nitrogen and oxygen atoms in total. The molecule has 1 aromatic heterocycles. The number of nitrogens with zero attached hydrogens (tertiary/aromatic N) is 3. The van der Waals surface area contributed by atoms with Crippen molar-refractivity contribution in [1.29, 1.82) is 0 Å². The molecule has 0 aliphatic carbocycles. The summed E-state index contributed by atoms with van der Waals surface area (Å²) in [6, 6.07) is 0. The van der Waals surface area contributed by atoms with Crippen LogP contribution in [0.15, 0.2) is 17.3 Å². The molecule has 2 rings (SSSR count). The number of hydrogen-bond donors (Lipinski definition) is 0. The molecule has 1 aromatic rings. The highest BCUT2D eigenvalue weighted by atomic mass is 32.2. The maximum absolute atomic E-state index is 12.3. The van der Waals surface area contributed by atoms with Crippen LogP contribution in [0.3, 0.4) is 0 Å². The molecule has 100 valence electrons. The summed E-state index contributed by atoms with van der Waals surface area (Å²) in [5.74, 6) is 0.152. The summed E-state index contributed by atoms with van der Waals surface area (Å²) in [5, 5.41) is 3.88. The van der Waals surface area contributed by atoms with E-state index in [1.807, 2.05) is 0 Å². The lowest BCUT2D eigenvalue weighted by atomic mass is 9.95. The molecule has 1 fully saturated rings. The molecule has 1 saturated heterocycles. The molecule has 0 unspecified atom stereocenters. The molecule has 0 aromatic carbocycles. The Morgan fingerprint density at radius 1 is 1.39 bits per heavy atom. The Morgan fingerprint density at radius 3 is 2.44 bits per heavy atom. The molecule has 0 radical (unpaired) electrons. The Balaban J connectivity index is 2.12. The van der Waals surface area contributed by atoms with Crippen molar-refractivity contribution in [3.63, 3.8) is 0 Å². The molecule has 1 aliphatic rings. The monoisotopic (exact) mass is 271 g/mol. The largest absolute Gasteiger partial charge is 0.300 e. The lowest BCUT2D eigenvalue weighted by molar-refractivity contribution is -0.121. The second kappa shape index (κ2) is 4.81. The summed E-state index contributed by atoms with van der Waals surface area (Å²) >= 11 is 0. The van der Waals surface area contributed by atoms with Crippen LogP contribution in [0.25, 0.3) is 0 Å². The number of aromatic nitrogens is 2. The number of carbonyl (C=O) groups is 1. The van der Waals surface area contributed by atoms with Gasteiger partial charge >= 0.3 is 0 Å². The zero-order chi connectivity index (χ0) is 13.3. The van der Waals surface area contributed by atoms with E-state index >= 15 is 0 Å². The van der Waals surface area contributed by atoms with E-state index in [4.69, 9.17) is 0 Å². The van der Waals surface area contributed by atoms with Crippen molar-refractivity contribution in [2.75, 3.05) is 13.1 Å². The maximum atomic E-state index is 12.3. The van der Waals surface area contributed by atoms with E-state index in [1.165, 1.54) is 21.4 Å². The number of piperidine rings is 1. The van der Waals surface area contributed by atoms with Crippen molar-refractivity contribution in [1.82, 2.24) is 14.1 Å². The lowest BCUT2D eigenvalue weighted by Crippen LogP contribution is -2.39. The molecule has 18 heavy (non-hydrogen) atoms. The molecule has 2 heterocycles. The molecule has 0 N–H and O–H groups in total. The van der Waals surface area contributed by atoms with Crippen molar-refractivity contribution in [2.24, 2.45) is 13.0 Å². The van der Waals surface area contributed by atoms with Gasteiger partial charge in [0.25, 0.3) is 0 Å². The predicted molar refractivity (Wildman–Crippen MR) is 65.4 cm³/mol. The van der Waals surface area contributed by atoms with E-state index < -0.39 is 10.0 Å². The number of sulfonamides is 1. The van der Waals surface area contributed by atoms with Crippen LogP contribution in [-0.2, 0) is 21.9 Å². The van der Waals surface area contributed by atoms with Crippen LogP contribution in [-0.4, -0.2) is 41.4 Å². The Morgan fingerprint density at radius 2 is 2.00 bits per heavy atom. The molecule has 0 amide bonds. The number of carbonyl (C=O) groups excluding carboxylic acids is 1. The molecule has 0 bridgehead atoms. The number of rotatable bonds is 3. The highest BCUT2D eigenvalue weighted by Crippen LogP contribution is 2.23. The summed E-state index contributed by atoms with van der Waals surface area (Å²) in [6.07, 6.45) is 4.06. The minimum absolute atomic E-state index is 0.00495. The van der Waals surface area contributed by atoms with Gasteiger partial charge in [-0.2, -0.15) is 9.40 Å². The molecule has 0 atom stereocenters. The smallest absolute Gasteiger partial charge is 0.246 e. The lowest BCUT2D eigenvalue weighted by Gasteiger charge is -2.29. The standard InChI is InChI=1S/C11H17N3O3S/c1-9(15)10-3-5-14(6-4-10)18(16,17)11-7-12-13(2)8-11/h7-8,10H,3-6H2,1-2H3. The quantitative estimate of drug-likeness (QED) is 0.798. The number of aryl methyl sites for hydroxylation is 1. The van der Waals surface area contributed by atoms with Crippen molar-refractivity contribution in [2.45, 2.75) is 24.7 Å². The van der Waals surface area contributed by atoms with Crippen LogP contribution >= 0.6 is 0 Å². The maximum Gasteiger partial charge on any atom is 0.246 e. The van der Waals surface area contributed by atoms with Crippen molar-refractivity contribution >= 4 is 15.8 Å². The van der Waals surface area contributed by atoms with Gasteiger partial charge in [-0.1, -0.05) is 0 Å². The van der Waals surface area contributed by atoms with Gasteiger partial charge in [-0.05, 0) is 19.8 Å². The zero-order valence-corrected chi connectivity index (χ0v) is 11.4. The van der Waals surface area contributed by atoms with Crippen LogP contribution < -0.4 is 0 Å². The molecule has 0 saturated carbocycles. The number of ketones is 1. The topological polar surface area (TPSA) is 72.3 Å². The third-order valence-electron chi connectivity index (χ3n) is 3.35. The molecule has 1 aliphatic heterocycles. The average Bonchev–Trinajstić information content (AvgIpc) is 2.76. The van der Waals surface area contributed by atoms with Crippen molar-refractivity contribution in [3.05, 3.63) is 12.4 Å². The first-order valence-electron chi connectivity index (χ1n) is 5.90. The van der Waals surface area contributed by atoms with Gasteiger partial charge in [0.05, 0.1) is 6.20 Å². The zero-order valence-electron chi connectivity index (χ0n) is 10.5. The summed E-state index contributed by atoms with van der Waals surface area (Å²) in [6.45, 7) is 2.37. The van der Waals surface area contributed by atoms with Crippen LogP contribution in [0.1, 0.15) is 19.8 Å². The summed E-state index contributed by atoms with van der Waals surface area (Å²) in [7, 11) is -1.77. The summed E-state index contributed by atoms with van der Waals surface area (Å²) < 4.78 is 27.4. The fraction of sp³-hybridized carbons (Fsp3) is 0.636. The number of Topliss-reactive ketones (excluding diaryl/α,β-unsaturated/α-hetero) is 1. The highest BCUT2D eigenvalue weighted by Gasteiger charge is 2.31. The van der Waals surface area contributed by atoms with Crippen LogP contribution in [0.4, 0.5) is 0 Å². The highest BCUT2D eigenvalue weighted by molar-refractivity contribution is 7.89. The fourth-order valence-corrected chi connectivity index (χ4v) is 3.64. The van der Waals surface area contributed by atoms with Crippen molar-refractivity contribution < 1.29 is 13.2 Å². The third-order valence-corrected chi connectivity index (χ3v) is 5.20. The van der Waals surface area contributed by atoms with Gasteiger partial charge in [0.15, 0.2) is 0 Å². The molecule has 7 heteroatoms. The average molecular weight is 271 g/mol. The fourth-order valence-electron chi connectivity index (χ4n) is 2.18. The molecular weight excluding hydrogens is 254 g/mol. The Bertz CT molecular complexity index is 542. The van der Waals surface area contributed by atoms with Crippen LogP contribution in [0, 0.1) is 5.92 Å². The van der Waals surface area contributed by atoms with E-state index in [9.17, 15) is 13.2 Å². The Labute approximate surface area is 107 Å². The van der Waals surface area contributed by atoms with E-state index in [2.05, 4.69) is 5.10 Å². The van der Waals surface area contributed by atoms with Crippen LogP contribution in [0.5, 0.6) is 0 Å². The van der Waals surface area contributed by atoms with Gasteiger partial charge in [-0.3, -0.25) is 9.48 Å². The van der Waals surface area contributed by atoms with Gasteiger partial charge in [-0.25, -0.2) is 8.42 Å².